The van der Waals surface area contributed by atoms with Gasteiger partial charge in [-0.2, -0.15) is 0 Å². The van der Waals surface area contributed by atoms with E-state index in [1.165, 1.54) is 0 Å². The number of nitrogens with zero attached hydrogens (tertiary/aromatic N) is 1. The first-order chi connectivity index (χ1) is 9.27. The zero-order valence-corrected chi connectivity index (χ0v) is 10.7. The van der Waals surface area contributed by atoms with E-state index < -0.39 is 0 Å². The van der Waals surface area contributed by atoms with Crippen LogP contribution in [-0.4, -0.2) is 16.7 Å². The minimum absolute atomic E-state index is 0.0349. The molecule has 2 rings (SSSR count). The van der Waals surface area contributed by atoms with Crippen molar-refractivity contribution in [1.82, 2.24) is 0 Å². The molecule has 0 atom stereocenters. The topological polar surface area (TPSA) is 49.7 Å². The van der Waals surface area contributed by atoms with Gasteiger partial charge in [0.25, 0.3) is 0 Å². The summed E-state index contributed by atoms with van der Waals surface area (Å²) in [6, 6.07) is 16.5. The lowest BCUT2D eigenvalue weighted by Crippen LogP contribution is -2.10. The van der Waals surface area contributed by atoms with E-state index in [1.807, 2.05) is 49.4 Å². The van der Waals surface area contributed by atoms with Crippen LogP contribution in [0.25, 0.3) is 0 Å². The third-order valence-corrected chi connectivity index (χ3v) is 2.95. The molecule has 0 aliphatic heterocycles. The van der Waals surface area contributed by atoms with Crippen LogP contribution in [0, 0.1) is 0 Å². The van der Waals surface area contributed by atoms with Crippen molar-refractivity contribution in [3.8, 4) is 0 Å². The SMILES string of the molecule is CCC(=O)c1ccccc1C(=NO)c1ccccc1. The van der Waals surface area contributed by atoms with Crippen LogP contribution in [0.3, 0.4) is 0 Å². The average Bonchev–Trinajstić information content (AvgIpc) is 2.49. The molecule has 0 aliphatic rings. The number of carbonyl (C=O) groups is 1. The monoisotopic (exact) mass is 253 g/mol. The standard InChI is InChI=1S/C16H15NO2/c1-2-15(18)13-10-6-7-11-14(13)16(17-19)12-8-4-3-5-9-12/h3-11,19H,2H2,1H3. The first-order valence-electron chi connectivity index (χ1n) is 6.18. The summed E-state index contributed by atoms with van der Waals surface area (Å²) in [4.78, 5) is 11.9. The Morgan fingerprint density at radius 3 is 2.16 bits per heavy atom. The molecule has 0 fully saturated rings. The highest BCUT2D eigenvalue weighted by atomic mass is 16.4. The number of benzene rings is 2. The van der Waals surface area contributed by atoms with Crippen LogP contribution in [0.2, 0.25) is 0 Å². The molecule has 0 amide bonds. The van der Waals surface area contributed by atoms with Gasteiger partial charge < -0.3 is 5.21 Å². The zero-order valence-electron chi connectivity index (χ0n) is 10.7. The Balaban J connectivity index is 2.55. The van der Waals surface area contributed by atoms with E-state index in [1.54, 1.807) is 12.1 Å². The molecule has 96 valence electrons. The van der Waals surface area contributed by atoms with Gasteiger partial charge in [-0.15, -0.1) is 0 Å². The number of Topliss-reactive ketones (excluding diaryl/α,β-unsaturated/α-hetero) is 1. The van der Waals surface area contributed by atoms with Gasteiger partial charge in [0, 0.05) is 23.1 Å². The molecule has 3 heteroatoms. The predicted molar refractivity (Wildman–Crippen MR) is 74.9 cm³/mol. The summed E-state index contributed by atoms with van der Waals surface area (Å²) in [6.45, 7) is 1.82. The van der Waals surface area contributed by atoms with E-state index >= 15 is 0 Å². The molecular formula is C16H15NO2. The molecule has 1 N–H and O–H groups in total. The van der Waals surface area contributed by atoms with Crippen molar-refractivity contribution in [1.29, 1.82) is 0 Å². The van der Waals surface area contributed by atoms with Crippen LogP contribution in [0.1, 0.15) is 34.8 Å². The second-order valence-corrected chi connectivity index (χ2v) is 4.14. The van der Waals surface area contributed by atoms with Crippen LogP contribution in [0.4, 0.5) is 0 Å². The zero-order chi connectivity index (χ0) is 13.7. The quantitative estimate of drug-likeness (QED) is 0.392. The summed E-state index contributed by atoms with van der Waals surface area (Å²) >= 11 is 0. The normalized spacial score (nSPS) is 11.3. The molecular weight excluding hydrogens is 238 g/mol. The van der Waals surface area contributed by atoms with Crippen LogP contribution in [0.5, 0.6) is 0 Å². The van der Waals surface area contributed by atoms with E-state index in [0.717, 1.165) is 5.56 Å². The molecule has 19 heavy (non-hydrogen) atoms. The van der Waals surface area contributed by atoms with Gasteiger partial charge in [0.15, 0.2) is 5.78 Å². The highest BCUT2D eigenvalue weighted by molar-refractivity contribution is 6.18. The lowest BCUT2D eigenvalue weighted by molar-refractivity contribution is 0.0988. The summed E-state index contributed by atoms with van der Waals surface area (Å²) in [7, 11) is 0. The Morgan fingerprint density at radius 2 is 1.58 bits per heavy atom. The van der Waals surface area contributed by atoms with Gasteiger partial charge in [-0.3, -0.25) is 4.79 Å². The molecule has 3 nitrogen and oxygen atoms in total. The maximum Gasteiger partial charge on any atom is 0.163 e. The van der Waals surface area contributed by atoms with Crippen LogP contribution in [0.15, 0.2) is 59.8 Å². The molecule has 0 saturated heterocycles. The number of ketones is 1. The summed E-state index contributed by atoms with van der Waals surface area (Å²) in [6.07, 6.45) is 0.421. The Kier molecular flexibility index (Phi) is 4.08. The minimum atomic E-state index is 0.0349. The summed E-state index contributed by atoms with van der Waals surface area (Å²) in [5.74, 6) is 0.0349. The predicted octanol–water partition coefficient (Wildman–Crippen LogP) is 3.51. The second kappa shape index (κ2) is 5.96. The molecule has 0 heterocycles. The average molecular weight is 253 g/mol. The second-order valence-electron chi connectivity index (χ2n) is 4.14. The number of oxime groups is 1. The maximum atomic E-state index is 11.9. The molecule has 2 aromatic carbocycles. The Labute approximate surface area is 112 Å². The fourth-order valence-corrected chi connectivity index (χ4v) is 1.99. The summed E-state index contributed by atoms with van der Waals surface area (Å²) in [5.41, 5.74) is 2.43. The van der Waals surface area contributed by atoms with Crippen molar-refractivity contribution < 1.29 is 10.0 Å². The molecule has 0 aromatic heterocycles. The molecule has 0 aliphatic carbocycles. The fourth-order valence-electron chi connectivity index (χ4n) is 1.99. The lowest BCUT2D eigenvalue weighted by atomic mass is 9.95. The van der Waals surface area contributed by atoms with E-state index in [-0.39, 0.29) is 5.78 Å². The smallest absolute Gasteiger partial charge is 0.163 e. The third-order valence-electron chi connectivity index (χ3n) is 2.95. The van der Waals surface area contributed by atoms with Gasteiger partial charge in [-0.25, -0.2) is 0 Å². The Bertz CT molecular complexity index is 603. The molecule has 2 aromatic rings. The molecule has 0 unspecified atom stereocenters. The van der Waals surface area contributed by atoms with Gasteiger partial charge in [-0.05, 0) is 0 Å². The number of carbonyl (C=O) groups excluding carboxylic acids is 1. The van der Waals surface area contributed by atoms with Crippen molar-refractivity contribution in [3.63, 3.8) is 0 Å². The van der Waals surface area contributed by atoms with Gasteiger partial charge in [-0.1, -0.05) is 66.7 Å². The number of hydrogen-bond acceptors (Lipinski definition) is 3. The maximum absolute atomic E-state index is 11.9. The Morgan fingerprint density at radius 1 is 1.00 bits per heavy atom. The van der Waals surface area contributed by atoms with Crippen LogP contribution < -0.4 is 0 Å². The fraction of sp³-hybridized carbons (Fsp3) is 0.125. The third kappa shape index (κ3) is 2.71. The van der Waals surface area contributed by atoms with E-state index in [9.17, 15) is 10.0 Å². The number of rotatable bonds is 4. The Hall–Kier alpha value is -2.42. The minimum Gasteiger partial charge on any atom is -0.410 e. The van der Waals surface area contributed by atoms with Gasteiger partial charge in [0.05, 0.1) is 0 Å². The lowest BCUT2D eigenvalue weighted by Gasteiger charge is -2.09. The van der Waals surface area contributed by atoms with Gasteiger partial charge >= 0.3 is 0 Å². The van der Waals surface area contributed by atoms with Crippen LogP contribution >= 0.6 is 0 Å². The van der Waals surface area contributed by atoms with Crippen molar-refractivity contribution in [2.45, 2.75) is 13.3 Å². The molecule has 0 radical (unpaired) electrons. The van der Waals surface area contributed by atoms with Crippen molar-refractivity contribution in [2.24, 2.45) is 5.16 Å². The highest BCUT2D eigenvalue weighted by Crippen LogP contribution is 2.17. The first-order valence-corrected chi connectivity index (χ1v) is 6.18. The van der Waals surface area contributed by atoms with Crippen molar-refractivity contribution >= 4 is 11.5 Å². The molecule has 0 saturated carbocycles. The van der Waals surface area contributed by atoms with Crippen molar-refractivity contribution in [2.75, 3.05) is 0 Å². The van der Waals surface area contributed by atoms with Crippen molar-refractivity contribution in [3.05, 3.63) is 71.3 Å². The molecule has 0 bridgehead atoms. The largest absolute Gasteiger partial charge is 0.410 e. The van der Waals surface area contributed by atoms with E-state index in [4.69, 9.17) is 0 Å². The molecule has 0 spiro atoms. The van der Waals surface area contributed by atoms with Crippen LogP contribution in [-0.2, 0) is 0 Å². The highest BCUT2D eigenvalue weighted by Gasteiger charge is 2.15. The van der Waals surface area contributed by atoms with Gasteiger partial charge in [0.1, 0.15) is 5.71 Å². The van der Waals surface area contributed by atoms with E-state index in [0.29, 0.717) is 23.3 Å². The van der Waals surface area contributed by atoms with Gasteiger partial charge in [0.2, 0.25) is 0 Å². The summed E-state index contributed by atoms with van der Waals surface area (Å²) < 4.78 is 0. The first kappa shape index (κ1) is 13.0. The summed E-state index contributed by atoms with van der Waals surface area (Å²) in [5, 5.41) is 12.7. The number of hydrogen-bond donors (Lipinski definition) is 1. The van der Waals surface area contributed by atoms with E-state index in [2.05, 4.69) is 5.16 Å².